The van der Waals surface area contributed by atoms with Gasteiger partial charge in [0, 0.05) is 19.4 Å². The van der Waals surface area contributed by atoms with E-state index in [1.165, 1.54) is 116 Å². The minimum atomic E-state index is -1.20. The molecule has 0 aliphatic rings. The third-order valence-corrected chi connectivity index (χ3v) is 8.58. The van der Waals surface area contributed by atoms with Crippen molar-refractivity contribution in [1.82, 2.24) is 0 Å². The first-order valence-corrected chi connectivity index (χ1v) is 19.3. The third kappa shape index (κ3) is 32.5. The van der Waals surface area contributed by atoms with E-state index in [1.54, 1.807) is 0 Å². The number of allylic oxidation sites excluding steroid dienone is 8. The zero-order valence-electron chi connectivity index (χ0n) is 30.0. The molecule has 0 fully saturated rings. The van der Waals surface area contributed by atoms with Crippen molar-refractivity contribution in [3.8, 4) is 0 Å². The number of aliphatic hydroxyl groups is 3. The summed E-state index contributed by atoms with van der Waals surface area (Å²) in [5.74, 6) is -1.20. The standard InChI is InChI=1S/C41H76O4/c1-3-5-7-9-11-13-15-17-19-21-23-25-27-29-31-33-36-41(44,45-40(39-43)35-38-42)37-34-32-30-28-26-24-22-20-18-16-14-12-10-8-6-4-2/h11-14,17-20,40,42-44H,3-10,15-16,21-39H2,1-2H3. The number of aliphatic hydroxyl groups excluding tert-OH is 2. The summed E-state index contributed by atoms with van der Waals surface area (Å²) in [6, 6.07) is 0. The van der Waals surface area contributed by atoms with Crippen molar-refractivity contribution in [2.45, 2.75) is 199 Å². The average molecular weight is 633 g/mol. The second-order valence-electron chi connectivity index (χ2n) is 13.0. The van der Waals surface area contributed by atoms with Crippen molar-refractivity contribution in [3.05, 3.63) is 48.6 Å². The predicted octanol–water partition coefficient (Wildman–Crippen LogP) is 11.8. The normalized spacial score (nSPS) is 14.5. The van der Waals surface area contributed by atoms with Gasteiger partial charge in [0.1, 0.15) is 0 Å². The summed E-state index contributed by atoms with van der Waals surface area (Å²) < 4.78 is 6.00. The maximum atomic E-state index is 11.3. The molecule has 0 aromatic carbocycles. The van der Waals surface area contributed by atoms with Gasteiger partial charge in [0.15, 0.2) is 5.79 Å². The van der Waals surface area contributed by atoms with Gasteiger partial charge < -0.3 is 20.1 Å². The lowest BCUT2D eigenvalue weighted by atomic mass is 9.98. The van der Waals surface area contributed by atoms with E-state index in [9.17, 15) is 15.3 Å². The minimum absolute atomic E-state index is 0.0445. The smallest absolute Gasteiger partial charge is 0.165 e. The van der Waals surface area contributed by atoms with Crippen LogP contribution in [0.25, 0.3) is 0 Å². The van der Waals surface area contributed by atoms with Gasteiger partial charge in [0.2, 0.25) is 0 Å². The second-order valence-corrected chi connectivity index (χ2v) is 13.0. The molecule has 0 bridgehead atoms. The van der Waals surface area contributed by atoms with Gasteiger partial charge in [-0.25, -0.2) is 0 Å². The van der Waals surface area contributed by atoms with E-state index in [0.29, 0.717) is 19.3 Å². The van der Waals surface area contributed by atoms with E-state index >= 15 is 0 Å². The first-order chi connectivity index (χ1) is 22.1. The molecule has 0 spiro atoms. The summed E-state index contributed by atoms with van der Waals surface area (Å²) in [7, 11) is 0. The number of rotatable bonds is 35. The maximum absolute atomic E-state index is 11.3. The van der Waals surface area contributed by atoms with Gasteiger partial charge in [-0.3, -0.25) is 0 Å². The molecule has 0 saturated heterocycles. The molecule has 0 rings (SSSR count). The van der Waals surface area contributed by atoms with Gasteiger partial charge >= 0.3 is 0 Å². The van der Waals surface area contributed by atoms with Crippen molar-refractivity contribution in [3.63, 3.8) is 0 Å². The van der Waals surface area contributed by atoms with Crippen LogP contribution in [0.2, 0.25) is 0 Å². The molecular weight excluding hydrogens is 556 g/mol. The predicted molar refractivity (Wildman–Crippen MR) is 197 cm³/mol. The van der Waals surface area contributed by atoms with Gasteiger partial charge in [-0.05, 0) is 83.5 Å². The van der Waals surface area contributed by atoms with Crippen LogP contribution < -0.4 is 0 Å². The summed E-state index contributed by atoms with van der Waals surface area (Å²) in [5, 5.41) is 30.3. The SMILES string of the molecule is CCCCCC=CCC=CCCCCCCCCC(O)(CCCCCCCCC=CCC=CCCCCC)OC(CO)CCO. The highest BCUT2D eigenvalue weighted by Gasteiger charge is 2.30. The lowest BCUT2D eigenvalue weighted by Gasteiger charge is -2.32. The quantitative estimate of drug-likeness (QED) is 0.0369. The number of ether oxygens (including phenoxy) is 1. The van der Waals surface area contributed by atoms with E-state index in [2.05, 4.69) is 62.5 Å². The Morgan fingerprint density at radius 3 is 1.20 bits per heavy atom. The second kappa shape index (κ2) is 35.7. The Morgan fingerprint density at radius 2 is 0.844 bits per heavy atom. The van der Waals surface area contributed by atoms with Crippen molar-refractivity contribution in [1.29, 1.82) is 0 Å². The highest BCUT2D eigenvalue weighted by molar-refractivity contribution is 4.93. The molecule has 1 unspecified atom stereocenters. The molecule has 45 heavy (non-hydrogen) atoms. The molecule has 0 amide bonds. The lowest BCUT2D eigenvalue weighted by Crippen LogP contribution is -2.38. The first kappa shape index (κ1) is 43.8. The molecular formula is C41H76O4. The fourth-order valence-electron chi connectivity index (χ4n) is 5.66. The van der Waals surface area contributed by atoms with Gasteiger partial charge in [0.05, 0.1) is 12.7 Å². The average Bonchev–Trinajstić information content (AvgIpc) is 3.04. The number of hydrogen-bond acceptors (Lipinski definition) is 4. The van der Waals surface area contributed by atoms with Crippen LogP contribution in [0.3, 0.4) is 0 Å². The fourth-order valence-corrected chi connectivity index (χ4v) is 5.66. The van der Waals surface area contributed by atoms with Crippen molar-refractivity contribution < 1.29 is 20.1 Å². The Kier molecular flexibility index (Phi) is 34.7. The Balaban J connectivity index is 4.05. The molecule has 0 aliphatic carbocycles. The monoisotopic (exact) mass is 633 g/mol. The lowest BCUT2D eigenvalue weighted by molar-refractivity contribution is -0.246. The molecule has 0 heterocycles. The molecule has 4 nitrogen and oxygen atoms in total. The summed E-state index contributed by atoms with van der Waals surface area (Å²) in [4.78, 5) is 0. The first-order valence-electron chi connectivity index (χ1n) is 19.3. The fraction of sp³-hybridized carbons (Fsp3) is 0.805. The zero-order chi connectivity index (χ0) is 32.9. The molecule has 4 heteroatoms. The third-order valence-electron chi connectivity index (χ3n) is 8.58. The van der Waals surface area contributed by atoms with Gasteiger partial charge in [-0.15, -0.1) is 0 Å². The van der Waals surface area contributed by atoms with Crippen molar-refractivity contribution in [2.24, 2.45) is 0 Å². The number of hydrogen-bond donors (Lipinski definition) is 3. The van der Waals surface area contributed by atoms with Crippen LogP contribution in [-0.4, -0.2) is 40.4 Å². The van der Waals surface area contributed by atoms with E-state index in [4.69, 9.17) is 4.74 Å². The highest BCUT2D eigenvalue weighted by Crippen LogP contribution is 2.27. The van der Waals surface area contributed by atoms with E-state index in [1.807, 2.05) is 0 Å². The van der Waals surface area contributed by atoms with Gasteiger partial charge in [-0.2, -0.15) is 0 Å². The molecule has 0 aromatic rings. The Hall–Kier alpha value is -1.20. The highest BCUT2D eigenvalue weighted by atomic mass is 16.6. The Labute approximate surface area is 280 Å². The zero-order valence-corrected chi connectivity index (χ0v) is 30.0. The van der Waals surface area contributed by atoms with Gasteiger partial charge in [-0.1, -0.05) is 140 Å². The van der Waals surface area contributed by atoms with Crippen LogP contribution in [0.1, 0.15) is 187 Å². The van der Waals surface area contributed by atoms with E-state index < -0.39 is 11.9 Å². The molecule has 264 valence electrons. The Morgan fingerprint density at radius 1 is 0.489 bits per heavy atom. The minimum Gasteiger partial charge on any atom is -0.396 e. The number of unbranched alkanes of at least 4 members (excludes halogenated alkanes) is 18. The maximum Gasteiger partial charge on any atom is 0.165 e. The summed E-state index contributed by atoms with van der Waals surface area (Å²) >= 11 is 0. The van der Waals surface area contributed by atoms with Crippen LogP contribution in [-0.2, 0) is 4.74 Å². The van der Waals surface area contributed by atoms with Crippen LogP contribution in [0.5, 0.6) is 0 Å². The molecule has 1 atom stereocenters. The largest absolute Gasteiger partial charge is 0.396 e. The van der Waals surface area contributed by atoms with E-state index in [-0.39, 0.29) is 13.2 Å². The topological polar surface area (TPSA) is 69.9 Å². The van der Waals surface area contributed by atoms with E-state index in [0.717, 1.165) is 38.5 Å². The summed E-state index contributed by atoms with van der Waals surface area (Å²) in [5.41, 5.74) is 0. The summed E-state index contributed by atoms with van der Waals surface area (Å²) in [6.45, 7) is 4.28. The molecule has 0 aliphatic heterocycles. The molecule has 0 saturated carbocycles. The van der Waals surface area contributed by atoms with Crippen molar-refractivity contribution >= 4 is 0 Å². The van der Waals surface area contributed by atoms with Crippen LogP contribution in [0.4, 0.5) is 0 Å². The van der Waals surface area contributed by atoms with Crippen LogP contribution in [0, 0.1) is 0 Å². The molecule has 0 aromatic heterocycles. The molecule has 0 radical (unpaired) electrons. The Bertz CT molecular complexity index is 648. The van der Waals surface area contributed by atoms with Crippen LogP contribution >= 0.6 is 0 Å². The molecule has 3 N–H and O–H groups in total. The van der Waals surface area contributed by atoms with Crippen LogP contribution in [0.15, 0.2) is 48.6 Å². The van der Waals surface area contributed by atoms with Gasteiger partial charge in [0.25, 0.3) is 0 Å². The summed E-state index contributed by atoms with van der Waals surface area (Å²) in [6.07, 6.45) is 48.2. The van der Waals surface area contributed by atoms with Crippen molar-refractivity contribution in [2.75, 3.05) is 13.2 Å².